The van der Waals surface area contributed by atoms with Gasteiger partial charge in [0.2, 0.25) is 5.91 Å². The first-order valence-corrected chi connectivity index (χ1v) is 10.7. The van der Waals surface area contributed by atoms with Gasteiger partial charge in [-0.15, -0.1) is 0 Å². The Balaban J connectivity index is 1.69. The molecule has 2 aromatic heterocycles. The lowest BCUT2D eigenvalue weighted by molar-refractivity contribution is -0.118. The number of hydrogen-bond acceptors (Lipinski definition) is 4. The summed E-state index contributed by atoms with van der Waals surface area (Å²) < 4.78 is 0. The van der Waals surface area contributed by atoms with E-state index in [1.165, 1.54) is 11.1 Å². The molecule has 4 rings (SSSR count). The highest BCUT2D eigenvalue weighted by molar-refractivity contribution is 5.87. The molecule has 0 saturated heterocycles. The Hall–Kier alpha value is -3.99. The van der Waals surface area contributed by atoms with Crippen LogP contribution in [-0.4, -0.2) is 22.4 Å². The summed E-state index contributed by atoms with van der Waals surface area (Å²) >= 11 is 0. The molecule has 0 radical (unpaired) electrons. The zero-order chi connectivity index (χ0) is 22.3. The number of carbonyl (C=O) groups excluding carboxylic acids is 1. The van der Waals surface area contributed by atoms with Crippen molar-refractivity contribution in [3.63, 3.8) is 0 Å². The molecule has 1 unspecified atom stereocenters. The van der Waals surface area contributed by atoms with Crippen LogP contribution in [0, 0.1) is 6.92 Å². The predicted octanol–water partition coefficient (Wildman–Crippen LogP) is 4.72. The lowest BCUT2D eigenvalue weighted by atomic mass is 9.91. The fraction of sp³-hybridized carbons (Fsp3) is 0.148. The molecule has 2 aromatic carbocycles. The number of hydrogen-bond donors (Lipinski definition) is 2. The van der Waals surface area contributed by atoms with Crippen LogP contribution >= 0.6 is 0 Å². The SMILES string of the molecule is Cc1cccc(CCNc2nc(-c3ccccc3)ccc2C(C(N)=O)c2cccnc2)c1. The number of primary amides is 1. The Morgan fingerprint density at radius 3 is 2.56 bits per heavy atom. The zero-order valence-corrected chi connectivity index (χ0v) is 18.0. The number of nitrogens with two attached hydrogens (primary N) is 1. The van der Waals surface area contributed by atoms with E-state index in [4.69, 9.17) is 10.7 Å². The van der Waals surface area contributed by atoms with E-state index in [2.05, 4.69) is 41.5 Å². The Labute approximate surface area is 188 Å². The molecule has 0 saturated carbocycles. The number of pyridine rings is 2. The van der Waals surface area contributed by atoms with Crippen LogP contribution in [0.1, 0.15) is 28.2 Å². The van der Waals surface area contributed by atoms with Crippen LogP contribution in [0.5, 0.6) is 0 Å². The Morgan fingerprint density at radius 1 is 1.00 bits per heavy atom. The molecule has 0 bridgehead atoms. The second kappa shape index (κ2) is 9.88. The van der Waals surface area contributed by atoms with Crippen molar-refractivity contribution >= 4 is 11.7 Å². The minimum atomic E-state index is -0.637. The molecule has 0 fully saturated rings. The van der Waals surface area contributed by atoms with Gasteiger partial charge in [-0.05, 0) is 36.6 Å². The van der Waals surface area contributed by atoms with Gasteiger partial charge in [0.1, 0.15) is 5.82 Å². The van der Waals surface area contributed by atoms with Gasteiger partial charge in [0.25, 0.3) is 0 Å². The summed E-state index contributed by atoms with van der Waals surface area (Å²) in [6, 6.07) is 26.0. The molecule has 1 amide bonds. The van der Waals surface area contributed by atoms with Gasteiger partial charge in [0.15, 0.2) is 0 Å². The molecule has 32 heavy (non-hydrogen) atoms. The zero-order valence-electron chi connectivity index (χ0n) is 18.0. The Morgan fingerprint density at radius 2 is 1.84 bits per heavy atom. The van der Waals surface area contributed by atoms with E-state index in [0.29, 0.717) is 12.4 Å². The minimum absolute atomic E-state index is 0.436. The molecule has 3 N–H and O–H groups in total. The van der Waals surface area contributed by atoms with Crippen LogP contribution < -0.4 is 11.1 Å². The van der Waals surface area contributed by atoms with Gasteiger partial charge in [-0.1, -0.05) is 72.3 Å². The molecule has 4 aromatic rings. The van der Waals surface area contributed by atoms with Crippen molar-refractivity contribution in [2.75, 3.05) is 11.9 Å². The molecule has 0 aliphatic rings. The number of carbonyl (C=O) groups is 1. The number of amides is 1. The number of aryl methyl sites for hydroxylation is 1. The monoisotopic (exact) mass is 422 g/mol. The van der Waals surface area contributed by atoms with Crippen LogP contribution in [0.2, 0.25) is 0 Å². The van der Waals surface area contributed by atoms with Crippen molar-refractivity contribution in [2.24, 2.45) is 5.73 Å². The largest absolute Gasteiger partial charge is 0.369 e. The molecule has 5 heteroatoms. The first-order chi connectivity index (χ1) is 15.6. The second-order valence-electron chi connectivity index (χ2n) is 7.79. The average molecular weight is 423 g/mol. The molecule has 0 aliphatic carbocycles. The lowest BCUT2D eigenvalue weighted by Crippen LogP contribution is -2.24. The topological polar surface area (TPSA) is 80.9 Å². The molecule has 2 heterocycles. The maximum Gasteiger partial charge on any atom is 0.229 e. The van der Waals surface area contributed by atoms with Crippen molar-refractivity contribution in [2.45, 2.75) is 19.3 Å². The van der Waals surface area contributed by atoms with E-state index in [-0.39, 0.29) is 0 Å². The Kier molecular flexibility index (Phi) is 6.56. The molecule has 1 atom stereocenters. The summed E-state index contributed by atoms with van der Waals surface area (Å²) in [6.45, 7) is 2.77. The molecule has 5 nitrogen and oxygen atoms in total. The van der Waals surface area contributed by atoms with E-state index >= 15 is 0 Å². The van der Waals surface area contributed by atoms with Gasteiger partial charge < -0.3 is 11.1 Å². The predicted molar refractivity (Wildman–Crippen MR) is 128 cm³/mol. The third kappa shape index (κ3) is 5.01. The highest BCUT2D eigenvalue weighted by atomic mass is 16.1. The second-order valence-corrected chi connectivity index (χ2v) is 7.79. The summed E-state index contributed by atoms with van der Waals surface area (Å²) in [4.78, 5) is 21.5. The van der Waals surface area contributed by atoms with Gasteiger partial charge in [-0.3, -0.25) is 9.78 Å². The number of nitrogens with one attached hydrogen (secondary N) is 1. The van der Waals surface area contributed by atoms with E-state index in [9.17, 15) is 4.79 Å². The highest BCUT2D eigenvalue weighted by Gasteiger charge is 2.24. The number of nitrogens with zero attached hydrogens (tertiary/aromatic N) is 2. The number of benzene rings is 2. The van der Waals surface area contributed by atoms with Crippen LogP contribution in [0.3, 0.4) is 0 Å². The molecular weight excluding hydrogens is 396 g/mol. The van der Waals surface area contributed by atoms with E-state index in [0.717, 1.165) is 28.8 Å². The van der Waals surface area contributed by atoms with Gasteiger partial charge in [-0.25, -0.2) is 4.98 Å². The van der Waals surface area contributed by atoms with Gasteiger partial charge in [0, 0.05) is 30.1 Å². The lowest BCUT2D eigenvalue weighted by Gasteiger charge is -2.19. The third-order valence-corrected chi connectivity index (χ3v) is 5.40. The third-order valence-electron chi connectivity index (χ3n) is 5.40. The number of aromatic nitrogens is 2. The maximum absolute atomic E-state index is 12.5. The molecule has 0 aliphatic heterocycles. The smallest absolute Gasteiger partial charge is 0.229 e. The number of rotatable bonds is 8. The van der Waals surface area contributed by atoms with Gasteiger partial charge >= 0.3 is 0 Å². The van der Waals surface area contributed by atoms with Crippen LogP contribution in [0.4, 0.5) is 5.82 Å². The molecular formula is C27H26N4O. The summed E-state index contributed by atoms with van der Waals surface area (Å²) in [5, 5.41) is 3.46. The Bertz CT molecular complexity index is 1190. The first kappa shape index (κ1) is 21.2. The van der Waals surface area contributed by atoms with Crippen molar-refractivity contribution in [3.05, 3.63) is 114 Å². The first-order valence-electron chi connectivity index (χ1n) is 10.7. The summed E-state index contributed by atoms with van der Waals surface area (Å²) in [5.41, 5.74) is 11.7. The molecule has 0 spiro atoms. The van der Waals surface area contributed by atoms with Crippen molar-refractivity contribution in [3.8, 4) is 11.3 Å². The standard InChI is InChI=1S/C27H26N4O/c1-19-7-5-8-20(17-19)14-16-30-27-23(25(26(28)32)22-11-6-15-29-18-22)12-13-24(31-27)21-9-3-2-4-10-21/h2-13,15,17-18,25H,14,16H2,1H3,(H2,28,32)(H,30,31). The van der Waals surface area contributed by atoms with Crippen LogP contribution in [0.15, 0.2) is 91.3 Å². The van der Waals surface area contributed by atoms with Crippen molar-refractivity contribution in [1.82, 2.24) is 9.97 Å². The quantitative estimate of drug-likeness (QED) is 0.430. The maximum atomic E-state index is 12.5. The fourth-order valence-electron chi connectivity index (χ4n) is 3.85. The summed E-state index contributed by atoms with van der Waals surface area (Å²) in [6.07, 6.45) is 4.20. The van der Waals surface area contributed by atoms with Crippen LogP contribution in [0.25, 0.3) is 11.3 Å². The van der Waals surface area contributed by atoms with Crippen molar-refractivity contribution in [1.29, 1.82) is 0 Å². The average Bonchev–Trinajstić information content (AvgIpc) is 2.81. The van der Waals surface area contributed by atoms with Gasteiger partial charge in [0.05, 0.1) is 11.6 Å². The summed E-state index contributed by atoms with van der Waals surface area (Å²) in [5.74, 6) is -0.414. The van der Waals surface area contributed by atoms with E-state index in [1.807, 2.05) is 54.6 Å². The fourth-order valence-corrected chi connectivity index (χ4v) is 3.85. The van der Waals surface area contributed by atoms with Crippen LogP contribution in [-0.2, 0) is 11.2 Å². The van der Waals surface area contributed by atoms with E-state index in [1.54, 1.807) is 12.4 Å². The van der Waals surface area contributed by atoms with Gasteiger partial charge in [-0.2, -0.15) is 0 Å². The number of anilines is 1. The van der Waals surface area contributed by atoms with E-state index < -0.39 is 11.8 Å². The summed E-state index contributed by atoms with van der Waals surface area (Å²) in [7, 11) is 0. The van der Waals surface area contributed by atoms with Crippen molar-refractivity contribution < 1.29 is 4.79 Å². The molecule has 160 valence electrons. The normalized spacial score (nSPS) is 11.7. The highest BCUT2D eigenvalue weighted by Crippen LogP contribution is 2.31. The minimum Gasteiger partial charge on any atom is -0.369 e.